The summed E-state index contributed by atoms with van der Waals surface area (Å²) in [5.41, 5.74) is 4.24. The smallest absolute Gasteiger partial charge is 0.254 e. The summed E-state index contributed by atoms with van der Waals surface area (Å²) in [5.74, 6) is 0.803. The van der Waals surface area contributed by atoms with E-state index in [2.05, 4.69) is 15.8 Å². The van der Waals surface area contributed by atoms with E-state index in [4.69, 9.17) is 0 Å². The maximum absolute atomic E-state index is 12.7. The Morgan fingerprint density at radius 3 is 2.81 bits per heavy atom. The van der Waals surface area contributed by atoms with Crippen LogP contribution in [0.5, 0.6) is 0 Å². The lowest BCUT2D eigenvalue weighted by molar-refractivity contribution is 0.0705. The first-order chi connectivity index (χ1) is 10.2. The first-order valence-electron chi connectivity index (χ1n) is 7.64. The molecule has 2 heterocycles. The van der Waals surface area contributed by atoms with Gasteiger partial charge in [-0.1, -0.05) is 18.2 Å². The zero-order valence-electron chi connectivity index (χ0n) is 12.2. The minimum atomic E-state index is 0.133. The molecule has 1 aromatic heterocycles. The number of hydrogen-bond donors (Lipinski definition) is 0. The molecule has 4 rings (SSSR count). The van der Waals surface area contributed by atoms with Gasteiger partial charge in [0.1, 0.15) is 0 Å². The van der Waals surface area contributed by atoms with Crippen molar-refractivity contribution in [2.75, 3.05) is 6.54 Å². The molecule has 0 atom stereocenters. The number of amides is 1. The summed E-state index contributed by atoms with van der Waals surface area (Å²) in [6, 6.07) is 10.00. The van der Waals surface area contributed by atoms with Crippen LogP contribution in [0.2, 0.25) is 0 Å². The van der Waals surface area contributed by atoms with Gasteiger partial charge in [-0.15, -0.1) is 0 Å². The number of aryl methyl sites for hydroxylation is 1. The molecular weight excluding hydrogens is 262 g/mol. The molecule has 1 amide bonds. The van der Waals surface area contributed by atoms with Gasteiger partial charge in [0.15, 0.2) is 0 Å². The molecule has 0 spiro atoms. The van der Waals surface area contributed by atoms with E-state index in [1.807, 2.05) is 36.1 Å². The van der Waals surface area contributed by atoms with E-state index in [0.29, 0.717) is 12.5 Å². The minimum Gasteiger partial charge on any atom is -0.331 e. The standard InChI is InChI=1S/C17H19N3O/c1-12-4-2-3-5-15(12)17(21)19-8-9-20-14(11-19)10-16(18-20)13-6-7-13/h2-5,10,13H,6-9,11H2,1H3. The third-order valence-corrected chi connectivity index (χ3v) is 4.48. The summed E-state index contributed by atoms with van der Waals surface area (Å²) >= 11 is 0. The maximum Gasteiger partial charge on any atom is 0.254 e. The highest BCUT2D eigenvalue weighted by Crippen LogP contribution is 2.39. The van der Waals surface area contributed by atoms with Gasteiger partial charge >= 0.3 is 0 Å². The van der Waals surface area contributed by atoms with E-state index in [9.17, 15) is 4.79 Å². The van der Waals surface area contributed by atoms with Gasteiger partial charge in [-0.3, -0.25) is 9.48 Å². The van der Waals surface area contributed by atoms with Crippen molar-refractivity contribution in [1.82, 2.24) is 14.7 Å². The first-order valence-corrected chi connectivity index (χ1v) is 7.64. The molecule has 4 nitrogen and oxygen atoms in total. The van der Waals surface area contributed by atoms with Crippen molar-refractivity contribution in [3.05, 3.63) is 52.8 Å². The summed E-state index contributed by atoms with van der Waals surface area (Å²) in [5, 5.41) is 4.68. The van der Waals surface area contributed by atoms with Gasteiger partial charge in [0.05, 0.1) is 24.5 Å². The summed E-state index contributed by atoms with van der Waals surface area (Å²) in [6.45, 7) is 4.21. The molecule has 1 aromatic carbocycles. The second kappa shape index (κ2) is 4.72. The van der Waals surface area contributed by atoms with Crippen molar-refractivity contribution in [2.45, 2.75) is 38.8 Å². The van der Waals surface area contributed by atoms with Gasteiger partial charge in [0.25, 0.3) is 5.91 Å². The van der Waals surface area contributed by atoms with Gasteiger partial charge in [0, 0.05) is 18.0 Å². The van der Waals surface area contributed by atoms with Gasteiger partial charge in [-0.25, -0.2) is 0 Å². The van der Waals surface area contributed by atoms with Gasteiger partial charge in [-0.05, 0) is 37.5 Å². The molecule has 4 heteroatoms. The van der Waals surface area contributed by atoms with Crippen molar-refractivity contribution < 1.29 is 4.79 Å². The molecule has 0 N–H and O–H groups in total. The van der Waals surface area contributed by atoms with Crippen LogP contribution in [-0.2, 0) is 13.1 Å². The van der Waals surface area contributed by atoms with E-state index in [0.717, 1.165) is 24.2 Å². The summed E-state index contributed by atoms with van der Waals surface area (Å²) in [4.78, 5) is 14.6. The van der Waals surface area contributed by atoms with Crippen molar-refractivity contribution in [3.63, 3.8) is 0 Å². The molecular formula is C17H19N3O. The molecule has 1 aliphatic carbocycles. The third-order valence-electron chi connectivity index (χ3n) is 4.48. The second-order valence-corrected chi connectivity index (χ2v) is 6.10. The molecule has 1 fully saturated rings. The molecule has 108 valence electrons. The number of aromatic nitrogens is 2. The van der Waals surface area contributed by atoms with Crippen LogP contribution in [0.15, 0.2) is 30.3 Å². The number of carbonyl (C=O) groups is 1. The zero-order valence-corrected chi connectivity index (χ0v) is 12.2. The lowest BCUT2D eigenvalue weighted by atomic mass is 10.1. The Bertz CT molecular complexity index is 700. The van der Waals surface area contributed by atoms with Gasteiger partial charge in [0.2, 0.25) is 0 Å². The van der Waals surface area contributed by atoms with Crippen LogP contribution >= 0.6 is 0 Å². The molecule has 1 saturated carbocycles. The highest BCUT2D eigenvalue weighted by molar-refractivity contribution is 5.95. The van der Waals surface area contributed by atoms with Crippen LogP contribution < -0.4 is 0 Å². The molecule has 2 aliphatic rings. The molecule has 2 aromatic rings. The van der Waals surface area contributed by atoms with Crippen LogP contribution in [0.3, 0.4) is 0 Å². The number of nitrogens with zero attached hydrogens (tertiary/aromatic N) is 3. The van der Waals surface area contributed by atoms with Gasteiger partial charge in [-0.2, -0.15) is 5.10 Å². The van der Waals surface area contributed by atoms with Crippen LogP contribution in [0.4, 0.5) is 0 Å². The highest BCUT2D eigenvalue weighted by Gasteiger charge is 2.30. The van der Waals surface area contributed by atoms with Crippen molar-refractivity contribution in [3.8, 4) is 0 Å². The Balaban J connectivity index is 1.57. The number of hydrogen-bond acceptors (Lipinski definition) is 2. The summed E-state index contributed by atoms with van der Waals surface area (Å²) < 4.78 is 2.08. The maximum atomic E-state index is 12.7. The molecule has 0 saturated heterocycles. The predicted octanol–water partition coefficient (Wildman–Crippen LogP) is 2.72. The lowest BCUT2D eigenvalue weighted by Crippen LogP contribution is -2.38. The minimum absolute atomic E-state index is 0.133. The highest BCUT2D eigenvalue weighted by atomic mass is 16.2. The van der Waals surface area contributed by atoms with Crippen molar-refractivity contribution >= 4 is 5.91 Å². The topological polar surface area (TPSA) is 38.1 Å². The largest absolute Gasteiger partial charge is 0.331 e. The molecule has 1 aliphatic heterocycles. The first kappa shape index (κ1) is 12.6. The Kier molecular flexibility index (Phi) is 2.84. The predicted molar refractivity (Wildman–Crippen MR) is 80.1 cm³/mol. The van der Waals surface area contributed by atoms with E-state index < -0.39 is 0 Å². The Morgan fingerprint density at radius 2 is 2.05 bits per heavy atom. The molecule has 0 radical (unpaired) electrons. The fraction of sp³-hybridized carbons (Fsp3) is 0.412. The average molecular weight is 281 g/mol. The fourth-order valence-electron chi connectivity index (χ4n) is 3.02. The van der Waals surface area contributed by atoms with Crippen LogP contribution in [0.25, 0.3) is 0 Å². The fourth-order valence-corrected chi connectivity index (χ4v) is 3.02. The van der Waals surface area contributed by atoms with E-state index >= 15 is 0 Å². The second-order valence-electron chi connectivity index (χ2n) is 6.10. The SMILES string of the molecule is Cc1ccccc1C(=O)N1CCn2nc(C3CC3)cc2C1. The van der Waals surface area contributed by atoms with Crippen molar-refractivity contribution in [2.24, 2.45) is 0 Å². The average Bonchev–Trinajstić information content (AvgIpc) is 3.26. The zero-order chi connectivity index (χ0) is 14.4. The summed E-state index contributed by atoms with van der Waals surface area (Å²) in [7, 11) is 0. The molecule has 0 bridgehead atoms. The number of fused-ring (bicyclic) bond motifs is 1. The summed E-state index contributed by atoms with van der Waals surface area (Å²) in [6.07, 6.45) is 2.53. The lowest BCUT2D eigenvalue weighted by Gasteiger charge is -2.28. The molecule has 0 unspecified atom stereocenters. The number of benzene rings is 1. The Hall–Kier alpha value is -2.10. The Morgan fingerprint density at radius 1 is 1.24 bits per heavy atom. The van der Waals surface area contributed by atoms with Crippen molar-refractivity contribution in [1.29, 1.82) is 0 Å². The van der Waals surface area contributed by atoms with Crippen LogP contribution in [-0.4, -0.2) is 27.1 Å². The van der Waals surface area contributed by atoms with E-state index in [1.165, 1.54) is 24.2 Å². The van der Waals surface area contributed by atoms with Crippen LogP contribution in [0, 0.1) is 6.92 Å². The Labute approximate surface area is 124 Å². The number of carbonyl (C=O) groups excluding carboxylic acids is 1. The monoisotopic (exact) mass is 281 g/mol. The van der Waals surface area contributed by atoms with E-state index in [1.54, 1.807) is 0 Å². The third kappa shape index (κ3) is 2.24. The quantitative estimate of drug-likeness (QED) is 0.849. The number of rotatable bonds is 2. The van der Waals surface area contributed by atoms with E-state index in [-0.39, 0.29) is 5.91 Å². The van der Waals surface area contributed by atoms with Gasteiger partial charge < -0.3 is 4.90 Å². The molecule has 21 heavy (non-hydrogen) atoms. The van der Waals surface area contributed by atoms with Crippen LogP contribution in [0.1, 0.15) is 46.1 Å². The normalized spacial score (nSPS) is 17.7.